The van der Waals surface area contributed by atoms with Crippen molar-refractivity contribution in [1.29, 1.82) is 0 Å². The van der Waals surface area contributed by atoms with Crippen LogP contribution >= 0.6 is 0 Å². The third kappa shape index (κ3) is 3.27. The molecule has 0 aromatic heterocycles. The number of hydrogen-bond donors (Lipinski definition) is 2. The van der Waals surface area contributed by atoms with Crippen molar-refractivity contribution in [2.45, 2.75) is 50.7 Å². The first kappa shape index (κ1) is 12.5. The minimum Gasteiger partial charge on any atom is -0.328 e. The van der Waals surface area contributed by atoms with Gasteiger partial charge >= 0.3 is 0 Å². The van der Waals surface area contributed by atoms with E-state index in [0.29, 0.717) is 12.1 Å². The molecule has 2 rings (SSSR count). The van der Waals surface area contributed by atoms with Gasteiger partial charge in [-0.2, -0.15) is 0 Å². The van der Waals surface area contributed by atoms with Crippen LogP contribution < -0.4 is 11.1 Å². The van der Waals surface area contributed by atoms with Gasteiger partial charge in [0.15, 0.2) is 0 Å². The van der Waals surface area contributed by atoms with E-state index in [1.807, 2.05) is 19.1 Å². The molecule has 0 spiro atoms. The van der Waals surface area contributed by atoms with Crippen molar-refractivity contribution >= 4 is 0 Å². The molecule has 0 amide bonds. The lowest BCUT2D eigenvalue weighted by molar-refractivity contribution is 0.316. The fourth-order valence-electron chi connectivity index (χ4n) is 2.65. The standard InChI is InChI=1S/C14H21FN2/c1-10(13-7-2-3-8-14(13)15)17-12-6-4-5-11(16)9-12/h2-3,7-8,10-12,17H,4-6,9,16H2,1H3. The first-order valence-electron chi connectivity index (χ1n) is 6.43. The van der Waals surface area contributed by atoms with E-state index in [0.717, 1.165) is 24.8 Å². The quantitative estimate of drug-likeness (QED) is 0.847. The Morgan fingerprint density at radius 2 is 2.12 bits per heavy atom. The summed E-state index contributed by atoms with van der Waals surface area (Å²) in [5.74, 6) is -0.132. The summed E-state index contributed by atoms with van der Waals surface area (Å²) in [4.78, 5) is 0. The highest BCUT2D eigenvalue weighted by molar-refractivity contribution is 5.20. The van der Waals surface area contributed by atoms with Crippen molar-refractivity contribution in [1.82, 2.24) is 5.32 Å². The third-order valence-corrected chi connectivity index (χ3v) is 3.57. The highest BCUT2D eigenvalue weighted by Gasteiger charge is 2.21. The van der Waals surface area contributed by atoms with Gasteiger partial charge in [-0.1, -0.05) is 24.6 Å². The summed E-state index contributed by atoms with van der Waals surface area (Å²) >= 11 is 0. The van der Waals surface area contributed by atoms with Crippen LogP contribution in [0.3, 0.4) is 0 Å². The van der Waals surface area contributed by atoms with E-state index in [-0.39, 0.29) is 11.9 Å². The number of nitrogens with two attached hydrogens (primary N) is 1. The van der Waals surface area contributed by atoms with Crippen molar-refractivity contribution < 1.29 is 4.39 Å². The lowest BCUT2D eigenvalue weighted by Crippen LogP contribution is -2.40. The average Bonchev–Trinajstić information content (AvgIpc) is 2.29. The molecule has 0 heterocycles. The van der Waals surface area contributed by atoms with Gasteiger partial charge in [0.1, 0.15) is 5.82 Å². The summed E-state index contributed by atoms with van der Waals surface area (Å²) in [6.45, 7) is 2.01. The van der Waals surface area contributed by atoms with Crippen LogP contribution in [-0.4, -0.2) is 12.1 Å². The Labute approximate surface area is 102 Å². The minimum atomic E-state index is -0.132. The highest BCUT2D eigenvalue weighted by Crippen LogP contribution is 2.22. The Hall–Kier alpha value is -0.930. The summed E-state index contributed by atoms with van der Waals surface area (Å²) in [5.41, 5.74) is 6.70. The predicted molar refractivity (Wildman–Crippen MR) is 68.2 cm³/mol. The summed E-state index contributed by atoms with van der Waals surface area (Å²) in [5, 5.41) is 3.49. The molecule has 3 unspecified atom stereocenters. The maximum Gasteiger partial charge on any atom is 0.127 e. The van der Waals surface area contributed by atoms with E-state index in [4.69, 9.17) is 5.73 Å². The zero-order valence-corrected chi connectivity index (χ0v) is 10.3. The van der Waals surface area contributed by atoms with E-state index in [1.165, 1.54) is 12.5 Å². The van der Waals surface area contributed by atoms with Crippen LogP contribution in [0.5, 0.6) is 0 Å². The molecule has 94 valence electrons. The number of nitrogens with one attached hydrogen (secondary N) is 1. The van der Waals surface area contributed by atoms with Crippen LogP contribution in [-0.2, 0) is 0 Å². The van der Waals surface area contributed by atoms with E-state index >= 15 is 0 Å². The van der Waals surface area contributed by atoms with Gasteiger partial charge in [0.25, 0.3) is 0 Å². The normalized spacial score (nSPS) is 26.8. The van der Waals surface area contributed by atoms with Crippen molar-refractivity contribution in [2.24, 2.45) is 5.73 Å². The molecular formula is C14H21FN2. The van der Waals surface area contributed by atoms with Gasteiger partial charge in [0.05, 0.1) is 0 Å². The molecule has 0 saturated heterocycles. The fourth-order valence-corrected chi connectivity index (χ4v) is 2.65. The summed E-state index contributed by atoms with van der Waals surface area (Å²) in [6.07, 6.45) is 4.43. The van der Waals surface area contributed by atoms with Gasteiger partial charge in [-0.05, 0) is 32.3 Å². The van der Waals surface area contributed by atoms with Crippen LogP contribution in [0.25, 0.3) is 0 Å². The molecule has 1 aliphatic carbocycles. The zero-order valence-electron chi connectivity index (χ0n) is 10.3. The van der Waals surface area contributed by atoms with Crippen molar-refractivity contribution in [3.05, 3.63) is 35.6 Å². The first-order chi connectivity index (χ1) is 8.16. The molecule has 3 heteroatoms. The molecule has 0 bridgehead atoms. The number of halogens is 1. The van der Waals surface area contributed by atoms with Crippen LogP contribution in [0.15, 0.2) is 24.3 Å². The molecule has 1 aromatic carbocycles. The van der Waals surface area contributed by atoms with Gasteiger partial charge in [-0.25, -0.2) is 4.39 Å². The predicted octanol–water partition coefficient (Wildman–Crippen LogP) is 2.75. The Morgan fingerprint density at radius 1 is 1.35 bits per heavy atom. The number of rotatable bonds is 3. The molecule has 1 aliphatic rings. The third-order valence-electron chi connectivity index (χ3n) is 3.57. The van der Waals surface area contributed by atoms with E-state index in [2.05, 4.69) is 5.32 Å². The summed E-state index contributed by atoms with van der Waals surface area (Å²) in [7, 11) is 0. The second-order valence-corrected chi connectivity index (χ2v) is 5.03. The van der Waals surface area contributed by atoms with E-state index in [9.17, 15) is 4.39 Å². The van der Waals surface area contributed by atoms with Crippen LogP contribution in [0.2, 0.25) is 0 Å². The van der Waals surface area contributed by atoms with E-state index < -0.39 is 0 Å². The maximum atomic E-state index is 13.6. The lowest BCUT2D eigenvalue weighted by Gasteiger charge is -2.30. The number of hydrogen-bond acceptors (Lipinski definition) is 2. The summed E-state index contributed by atoms with van der Waals surface area (Å²) in [6, 6.07) is 7.73. The molecule has 1 aromatic rings. The number of benzene rings is 1. The van der Waals surface area contributed by atoms with Gasteiger partial charge in [-0.15, -0.1) is 0 Å². The molecule has 17 heavy (non-hydrogen) atoms. The largest absolute Gasteiger partial charge is 0.328 e. The van der Waals surface area contributed by atoms with Crippen LogP contribution in [0.1, 0.15) is 44.2 Å². The van der Waals surface area contributed by atoms with Gasteiger partial charge < -0.3 is 11.1 Å². The Balaban J connectivity index is 1.97. The molecular weight excluding hydrogens is 215 g/mol. The molecule has 3 N–H and O–H groups in total. The Morgan fingerprint density at radius 3 is 2.82 bits per heavy atom. The zero-order chi connectivity index (χ0) is 12.3. The topological polar surface area (TPSA) is 38.0 Å². The highest BCUT2D eigenvalue weighted by atomic mass is 19.1. The summed E-state index contributed by atoms with van der Waals surface area (Å²) < 4.78 is 13.6. The molecule has 3 atom stereocenters. The van der Waals surface area contributed by atoms with E-state index in [1.54, 1.807) is 6.07 Å². The molecule has 2 nitrogen and oxygen atoms in total. The second-order valence-electron chi connectivity index (χ2n) is 5.03. The van der Waals surface area contributed by atoms with Gasteiger partial charge in [-0.3, -0.25) is 0 Å². The monoisotopic (exact) mass is 236 g/mol. The molecule has 0 aliphatic heterocycles. The Bertz CT molecular complexity index is 367. The van der Waals surface area contributed by atoms with Crippen LogP contribution in [0, 0.1) is 5.82 Å². The van der Waals surface area contributed by atoms with Crippen LogP contribution in [0.4, 0.5) is 4.39 Å². The second kappa shape index (κ2) is 5.61. The SMILES string of the molecule is CC(NC1CCCC(N)C1)c1ccccc1F. The lowest BCUT2D eigenvalue weighted by atomic mass is 9.90. The minimum absolute atomic E-state index is 0.0477. The van der Waals surface area contributed by atoms with Crippen molar-refractivity contribution in [2.75, 3.05) is 0 Å². The van der Waals surface area contributed by atoms with Gasteiger partial charge in [0.2, 0.25) is 0 Å². The average molecular weight is 236 g/mol. The van der Waals surface area contributed by atoms with Crippen molar-refractivity contribution in [3.8, 4) is 0 Å². The van der Waals surface area contributed by atoms with Crippen molar-refractivity contribution in [3.63, 3.8) is 0 Å². The first-order valence-corrected chi connectivity index (χ1v) is 6.43. The molecule has 1 saturated carbocycles. The fraction of sp³-hybridized carbons (Fsp3) is 0.571. The molecule has 1 fully saturated rings. The van der Waals surface area contributed by atoms with Gasteiger partial charge in [0, 0.05) is 23.7 Å². The molecule has 0 radical (unpaired) electrons. The Kier molecular flexibility index (Phi) is 4.13. The smallest absolute Gasteiger partial charge is 0.127 e. The maximum absolute atomic E-state index is 13.6.